The summed E-state index contributed by atoms with van der Waals surface area (Å²) in [5, 5.41) is 4.06. The van der Waals surface area contributed by atoms with Gasteiger partial charge in [-0.15, -0.1) is 17.4 Å². The zero-order chi connectivity index (χ0) is 11.1. The first-order valence-electron chi connectivity index (χ1n) is 5.04. The quantitative estimate of drug-likeness (QED) is 0.332. The lowest BCUT2D eigenvalue weighted by molar-refractivity contribution is 0.505. The molecule has 4 nitrogen and oxygen atoms in total. The van der Waals surface area contributed by atoms with Gasteiger partial charge in [-0.3, -0.25) is 11.3 Å². The summed E-state index contributed by atoms with van der Waals surface area (Å²) in [6.45, 7) is 2.06. The van der Waals surface area contributed by atoms with Crippen molar-refractivity contribution in [1.82, 2.24) is 15.0 Å². The molecule has 0 aliphatic heterocycles. The standard InChI is InChI=1S/C10H16N4S/c1-3-5-6-7-9(12-11)10-8(4-2)13-14-15-10/h1,9,12H,4-7,11H2,2H3. The first-order valence-corrected chi connectivity index (χ1v) is 5.81. The molecule has 0 aliphatic rings. The Morgan fingerprint density at radius 3 is 3.07 bits per heavy atom. The number of aryl methyl sites for hydroxylation is 1. The van der Waals surface area contributed by atoms with E-state index in [2.05, 4.69) is 27.9 Å². The lowest BCUT2D eigenvalue weighted by atomic mass is 10.1. The van der Waals surface area contributed by atoms with Gasteiger partial charge in [0.2, 0.25) is 0 Å². The van der Waals surface area contributed by atoms with E-state index < -0.39 is 0 Å². The zero-order valence-corrected chi connectivity index (χ0v) is 9.68. The van der Waals surface area contributed by atoms with Crippen LogP contribution in [0.25, 0.3) is 0 Å². The highest BCUT2D eigenvalue weighted by atomic mass is 32.1. The predicted molar refractivity (Wildman–Crippen MR) is 62.0 cm³/mol. The Morgan fingerprint density at radius 1 is 1.67 bits per heavy atom. The van der Waals surface area contributed by atoms with Crippen LogP contribution in [0.5, 0.6) is 0 Å². The molecule has 0 amide bonds. The monoisotopic (exact) mass is 224 g/mol. The number of hydrogen-bond acceptors (Lipinski definition) is 5. The van der Waals surface area contributed by atoms with Crippen molar-refractivity contribution in [2.45, 2.75) is 38.6 Å². The highest BCUT2D eigenvalue weighted by molar-refractivity contribution is 7.05. The van der Waals surface area contributed by atoms with Gasteiger partial charge in [0.05, 0.1) is 16.6 Å². The van der Waals surface area contributed by atoms with E-state index in [1.807, 2.05) is 0 Å². The molecular weight excluding hydrogens is 208 g/mol. The highest BCUT2D eigenvalue weighted by Crippen LogP contribution is 2.24. The molecule has 0 fully saturated rings. The average molecular weight is 224 g/mol. The third kappa shape index (κ3) is 3.27. The normalized spacial score (nSPS) is 12.3. The number of nitrogens with one attached hydrogen (secondary N) is 1. The minimum atomic E-state index is 0.133. The average Bonchev–Trinajstić information content (AvgIpc) is 2.72. The van der Waals surface area contributed by atoms with Crippen LogP contribution in [0.3, 0.4) is 0 Å². The van der Waals surface area contributed by atoms with Crippen molar-refractivity contribution in [3.63, 3.8) is 0 Å². The summed E-state index contributed by atoms with van der Waals surface area (Å²) in [6.07, 6.45) is 8.77. The van der Waals surface area contributed by atoms with Crippen molar-refractivity contribution in [2.75, 3.05) is 0 Å². The first-order chi connectivity index (χ1) is 7.33. The Bertz CT molecular complexity index is 328. The minimum Gasteiger partial charge on any atom is -0.271 e. The number of aromatic nitrogens is 2. The topological polar surface area (TPSA) is 63.8 Å². The van der Waals surface area contributed by atoms with Crippen LogP contribution in [0.2, 0.25) is 0 Å². The molecule has 0 bridgehead atoms. The number of nitrogens with two attached hydrogens (primary N) is 1. The highest BCUT2D eigenvalue weighted by Gasteiger charge is 2.16. The summed E-state index contributed by atoms with van der Waals surface area (Å²) < 4.78 is 3.95. The van der Waals surface area contributed by atoms with Crippen LogP contribution < -0.4 is 11.3 Å². The third-order valence-electron chi connectivity index (χ3n) is 2.25. The fourth-order valence-electron chi connectivity index (χ4n) is 1.42. The second-order valence-electron chi connectivity index (χ2n) is 3.25. The summed E-state index contributed by atoms with van der Waals surface area (Å²) in [5.41, 5.74) is 3.83. The number of terminal acetylenes is 1. The van der Waals surface area contributed by atoms with Crippen LogP contribution in [-0.4, -0.2) is 9.59 Å². The van der Waals surface area contributed by atoms with Crippen LogP contribution in [0.1, 0.15) is 42.8 Å². The van der Waals surface area contributed by atoms with Crippen molar-refractivity contribution in [1.29, 1.82) is 0 Å². The fourth-order valence-corrected chi connectivity index (χ4v) is 2.25. The molecule has 0 saturated heterocycles. The predicted octanol–water partition coefficient (Wildman–Crippen LogP) is 1.41. The van der Waals surface area contributed by atoms with Crippen molar-refractivity contribution >= 4 is 11.5 Å². The number of hydrogen-bond donors (Lipinski definition) is 2. The Balaban J connectivity index is 2.62. The summed E-state index contributed by atoms with van der Waals surface area (Å²) in [4.78, 5) is 1.14. The number of nitrogens with zero attached hydrogens (tertiary/aromatic N) is 2. The molecule has 82 valence electrons. The van der Waals surface area contributed by atoms with E-state index in [1.54, 1.807) is 0 Å². The number of unbranched alkanes of at least 4 members (excludes halogenated alkanes) is 1. The molecule has 0 spiro atoms. The molecule has 1 unspecified atom stereocenters. The summed E-state index contributed by atoms with van der Waals surface area (Å²) >= 11 is 1.41. The molecule has 1 atom stereocenters. The van der Waals surface area contributed by atoms with E-state index in [0.717, 1.165) is 36.3 Å². The van der Waals surface area contributed by atoms with Crippen LogP contribution in [-0.2, 0) is 6.42 Å². The van der Waals surface area contributed by atoms with E-state index >= 15 is 0 Å². The third-order valence-corrected chi connectivity index (χ3v) is 3.13. The van der Waals surface area contributed by atoms with Crippen LogP contribution in [0.4, 0.5) is 0 Å². The number of rotatable bonds is 6. The van der Waals surface area contributed by atoms with Gasteiger partial charge in [-0.25, -0.2) is 0 Å². The molecule has 0 aliphatic carbocycles. The fraction of sp³-hybridized carbons (Fsp3) is 0.600. The maximum Gasteiger partial charge on any atom is 0.0801 e. The first kappa shape index (κ1) is 12.1. The second kappa shape index (κ2) is 6.51. The SMILES string of the molecule is C#CCCCC(NN)c1snnc1CC. The van der Waals surface area contributed by atoms with E-state index in [1.165, 1.54) is 11.5 Å². The van der Waals surface area contributed by atoms with E-state index in [9.17, 15) is 0 Å². The van der Waals surface area contributed by atoms with Crippen molar-refractivity contribution < 1.29 is 0 Å². The van der Waals surface area contributed by atoms with Gasteiger partial charge in [-0.05, 0) is 30.8 Å². The molecule has 1 rings (SSSR count). The maximum absolute atomic E-state index is 5.52. The molecule has 15 heavy (non-hydrogen) atoms. The van der Waals surface area contributed by atoms with Gasteiger partial charge in [0.1, 0.15) is 0 Å². The second-order valence-corrected chi connectivity index (χ2v) is 4.04. The van der Waals surface area contributed by atoms with E-state index in [4.69, 9.17) is 12.3 Å². The van der Waals surface area contributed by atoms with E-state index in [-0.39, 0.29) is 6.04 Å². The van der Waals surface area contributed by atoms with Gasteiger partial charge in [-0.2, -0.15) is 0 Å². The molecule has 5 heteroatoms. The Hall–Kier alpha value is -0.960. The van der Waals surface area contributed by atoms with E-state index in [0.29, 0.717) is 0 Å². The molecule has 1 heterocycles. The lowest BCUT2D eigenvalue weighted by Crippen LogP contribution is -2.28. The molecule has 0 aromatic carbocycles. The zero-order valence-electron chi connectivity index (χ0n) is 8.86. The maximum atomic E-state index is 5.52. The lowest BCUT2D eigenvalue weighted by Gasteiger charge is -2.13. The Kier molecular flexibility index (Phi) is 5.26. The van der Waals surface area contributed by atoms with Gasteiger partial charge in [0.25, 0.3) is 0 Å². The van der Waals surface area contributed by atoms with Crippen LogP contribution >= 0.6 is 11.5 Å². The van der Waals surface area contributed by atoms with Crippen molar-refractivity contribution in [2.24, 2.45) is 5.84 Å². The summed E-state index contributed by atoms with van der Waals surface area (Å²) in [5.74, 6) is 8.14. The summed E-state index contributed by atoms with van der Waals surface area (Å²) in [7, 11) is 0. The van der Waals surface area contributed by atoms with Crippen LogP contribution in [0, 0.1) is 12.3 Å². The van der Waals surface area contributed by atoms with Gasteiger partial charge in [0.15, 0.2) is 0 Å². The van der Waals surface area contributed by atoms with Gasteiger partial charge < -0.3 is 0 Å². The van der Waals surface area contributed by atoms with Crippen molar-refractivity contribution in [3.8, 4) is 12.3 Å². The molecule has 1 aromatic rings. The molecular formula is C10H16N4S. The number of hydrazine groups is 1. The largest absolute Gasteiger partial charge is 0.271 e. The summed E-state index contributed by atoms with van der Waals surface area (Å²) in [6, 6.07) is 0.133. The van der Waals surface area contributed by atoms with Gasteiger partial charge >= 0.3 is 0 Å². The molecule has 0 saturated carbocycles. The van der Waals surface area contributed by atoms with Crippen molar-refractivity contribution in [3.05, 3.63) is 10.6 Å². The smallest absolute Gasteiger partial charge is 0.0801 e. The molecule has 1 aromatic heterocycles. The van der Waals surface area contributed by atoms with Crippen LogP contribution in [0.15, 0.2) is 0 Å². The molecule has 0 radical (unpaired) electrons. The molecule has 3 N–H and O–H groups in total. The Morgan fingerprint density at radius 2 is 2.47 bits per heavy atom. The Labute approximate surface area is 94.4 Å². The van der Waals surface area contributed by atoms with Gasteiger partial charge in [-0.1, -0.05) is 11.4 Å². The van der Waals surface area contributed by atoms with Gasteiger partial charge in [0, 0.05) is 6.42 Å². The minimum absolute atomic E-state index is 0.133.